The maximum absolute atomic E-state index is 10.5. The topological polar surface area (TPSA) is 87.0 Å². The van der Waals surface area contributed by atoms with Crippen molar-refractivity contribution in [1.82, 2.24) is 0 Å². The molecule has 0 aromatic heterocycles. The van der Waals surface area contributed by atoms with E-state index in [0.29, 0.717) is 0 Å². The molecule has 3 atom stereocenters. The van der Waals surface area contributed by atoms with Gasteiger partial charge in [0.05, 0.1) is 6.61 Å². The Balaban J connectivity index is 2.07. The third-order valence-corrected chi connectivity index (χ3v) is 4.01. The summed E-state index contributed by atoms with van der Waals surface area (Å²) in [7, 11) is 0. The van der Waals surface area contributed by atoms with Crippen LogP contribution in [0.1, 0.15) is 6.92 Å². The Morgan fingerprint density at radius 3 is 2.89 bits per heavy atom. The second-order valence-electron chi connectivity index (χ2n) is 4.48. The molecule has 0 fully saturated rings. The van der Waals surface area contributed by atoms with Crippen molar-refractivity contribution in [3.05, 3.63) is 34.5 Å². The van der Waals surface area contributed by atoms with Gasteiger partial charge in [-0.15, -0.1) is 11.8 Å². The summed E-state index contributed by atoms with van der Waals surface area (Å²) in [6, 6.07) is 0. The van der Waals surface area contributed by atoms with E-state index in [2.05, 4.69) is 0 Å². The van der Waals surface area contributed by atoms with Gasteiger partial charge in [-0.05, 0) is 19.1 Å². The zero-order valence-corrected chi connectivity index (χ0v) is 11.3. The lowest BCUT2D eigenvalue weighted by atomic mass is 9.94. The Hall–Kier alpha value is -1.24. The highest BCUT2D eigenvalue weighted by atomic mass is 32.2. The largest absolute Gasteiger partial charge is 0.486 e. The van der Waals surface area contributed by atoms with E-state index in [9.17, 15) is 15.0 Å². The van der Waals surface area contributed by atoms with E-state index in [1.807, 2.05) is 25.2 Å². The van der Waals surface area contributed by atoms with E-state index < -0.39 is 12.1 Å². The fourth-order valence-electron chi connectivity index (χ4n) is 2.01. The third-order valence-electron chi connectivity index (χ3n) is 2.94. The first kappa shape index (κ1) is 14.2. The van der Waals surface area contributed by atoms with Crippen molar-refractivity contribution in [2.45, 2.75) is 19.1 Å². The summed E-state index contributed by atoms with van der Waals surface area (Å²) >= 11 is 1.24. The quantitative estimate of drug-likeness (QED) is 0.695. The first-order valence-corrected chi connectivity index (χ1v) is 6.96. The lowest BCUT2D eigenvalue weighted by molar-refractivity contribution is -0.145. The number of aliphatic hydroxyl groups is 2. The van der Waals surface area contributed by atoms with Crippen molar-refractivity contribution in [1.29, 1.82) is 0 Å². The molecular weight excluding hydrogens is 268 g/mol. The third kappa shape index (κ3) is 3.20. The zero-order chi connectivity index (χ0) is 14.0. The number of aliphatic hydroxyl groups excluding tert-OH is 2. The van der Waals surface area contributed by atoms with E-state index in [4.69, 9.17) is 9.84 Å². The number of carboxylic acids is 1. The van der Waals surface area contributed by atoms with Gasteiger partial charge in [-0.2, -0.15) is 0 Å². The molecule has 2 aliphatic rings. The summed E-state index contributed by atoms with van der Waals surface area (Å²) in [6.07, 6.45) is 4.25. The van der Waals surface area contributed by atoms with Crippen LogP contribution in [-0.4, -0.2) is 45.9 Å². The van der Waals surface area contributed by atoms with Crippen LogP contribution < -0.4 is 0 Å². The van der Waals surface area contributed by atoms with Gasteiger partial charge in [-0.3, -0.25) is 0 Å². The molecule has 2 rings (SSSR count). The average Bonchev–Trinajstić information content (AvgIpc) is 2.74. The second-order valence-corrected chi connectivity index (χ2v) is 5.57. The fourth-order valence-corrected chi connectivity index (χ4v) is 2.96. The average molecular weight is 284 g/mol. The number of aliphatic carboxylic acids is 1. The summed E-state index contributed by atoms with van der Waals surface area (Å²) in [5, 5.41) is 27.3. The van der Waals surface area contributed by atoms with Gasteiger partial charge < -0.3 is 20.1 Å². The van der Waals surface area contributed by atoms with Crippen LogP contribution in [0.15, 0.2) is 34.5 Å². The predicted octanol–water partition coefficient (Wildman–Crippen LogP) is 0.900. The van der Waals surface area contributed by atoms with E-state index in [1.54, 1.807) is 0 Å². The summed E-state index contributed by atoms with van der Waals surface area (Å²) in [4.78, 5) is 11.4. The van der Waals surface area contributed by atoms with Gasteiger partial charge in [0.15, 0.2) is 6.10 Å². The smallest absolute Gasteiger partial charge is 0.333 e. The van der Waals surface area contributed by atoms with Gasteiger partial charge in [0, 0.05) is 22.1 Å². The Bertz CT molecular complexity index is 466. The van der Waals surface area contributed by atoms with Gasteiger partial charge in [0.25, 0.3) is 0 Å². The molecule has 0 saturated heterocycles. The van der Waals surface area contributed by atoms with E-state index in [-0.39, 0.29) is 24.4 Å². The highest BCUT2D eigenvalue weighted by Crippen LogP contribution is 2.38. The van der Waals surface area contributed by atoms with Crippen molar-refractivity contribution in [3.8, 4) is 0 Å². The highest BCUT2D eigenvalue weighted by Gasteiger charge is 2.28. The number of hydrogen-bond donors (Lipinski definition) is 3. The number of hydrogen-bond acceptors (Lipinski definition) is 5. The van der Waals surface area contributed by atoms with Crippen LogP contribution in [0.25, 0.3) is 0 Å². The van der Waals surface area contributed by atoms with Crippen LogP contribution in [0.5, 0.6) is 0 Å². The summed E-state index contributed by atoms with van der Waals surface area (Å²) < 4.78 is 5.61. The molecule has 1 heterocycles. The van der Waals surface area contributed by atoms with Crippen molar-refractivity contribution in [2.24, 2.45) is 5.92 Å². The number of thioether (sulfide) groups is 1. The van der Waals surface area contributed by atoms with Gasteiger partial charge in [-0.25, -0.2) is 4.79 Å². The minimum atomic E-state index is -1.39. The molecule has 104 valence electrons. The SMILES string of the molecule is CC1C=C2C(=CC(SCC(O)C(=O)O)=CC2CO)O1. The fraction of sp³-hybridized carbons (Fsp3) is 0.462. The number of fused-ring (bicyclic) bond motifs is 1. The van der Waals surface area contributed by atoms with Gasteiger partial charge >= 0.3 is 5.97 Å². The maximum atomic E-state index is 10.5. The Labute approximate surface area is 115 Å². The van der Waals surface area contributed by atoms with Gasteiger partial charge in [0.1, 0.15) is 11.9 Å². The van der Waals surface area contributed by atoms with Gasteiger partial charge in [-0.1, -0.05) is 6.08 Å². The van der Waals surface area contributed by atoms with Gasteiger partial charge in [0.2, 0.25) is 0 Å². The van der Waals surface area contributed by atoms with E-state index >= 15 is 0 Å². The molecule has 0 spiro atoms. The lowest BCUT2D eigenvalue weighted by Gasteiger charge is -2.20. The maximum Gasteiger partial charge on any atom is 0.333 e. The minimum absolute atomic E-state index is 0.0161. The van der Waals surface area contributed by atoms with Crippen molar-refractivity contribution >= 4 is 17.7 Å². The Kier molecular flexibility index (Phi) is 4.34. The van der Waals surface area contributed by atoms with E-state index in [0.717, 1.165) is 16.2 Å². The standard InChI is InChI=1S/C13H16O5S/c1-7-2-10-8(5-14)3-9(4-12(10)18-7)19-6-11(15)13(16)17/h2-4,7-8,11,14-15H,5-6H2,1H3,(H,16,17). The first-order chi connectivity index (χ1) is 9.01. The highest BCUT2D eigenvalue weighted by molar-refractivity contribution is 8.03. The molecule has 19 heavy (non-hydrogen) atoms. The van der Waals surface area contributed by atoms with Crippen LogP contribution in [0.4, 0.5) is 0 Å². The lowest BCUT2D eigenvalue weighted by Crippen LogP contribution is -2.22. The van der Waals surface area contributed by atoms with Crippen LogP contribution in [-0.2, 0) is 9.53 Å². The second kappa shape index (κ2) is 5.81. The number of rotatable bonds is 5. The molecule has 0 radical (unpaired) electrons. The van der Waals surface area contributed by atoms with Crippen molar-refractivity contribution in [3.63, 3.8) is 0 Å². The van der Waals surface area contributed by atoms with Crippen LogP contribution in [0, 0.1) is 5.92 Å². The minimum Gasteiger partial charge on any atom is -0.486 e. The Morgan fingerprint density at radius 1 is 1.53 bits per heavy atom. The molecule has 6 heteroatoms. The van der Waals surface area contributed by atoms with Crippen molar-refractivity contribution < 1.29 is 24.9 Å². The molecule has 1 aliphatic heterocycles. The van der Waals surface area contributed by atoms with Crippen LogP contribution in [0.2, 0.25) is 0 Å². The van der Waals surface area contributed by atoms with E-state index in [1.165, 1.54) is 11.8 Å². The summed E-state index contributed by atoms with van der Waals surface area (Å²) in [5.74, 6) is -0.574. The normalized spacial score (nSPS) is 26.8. The number of carboxylic acid groups (broad SMARTS) is 1. The van der Waals surface area contributed by atoms with Crippen LogP contribution in [0.3, 0.4) is 0 Å². The number of carbonyl (C=O) groups is 1. The van der Waals surface area contributed by atoms with Crippen LogP contribution >= 0.6 is 11.8 Å². The molecule has 3 N–H and O–H groups in total. The molecule has 0 aromatic rings. The Morgan fingerprint density at radius 2 is 2.26 bits per heavy atom. The molecule has 0 saturated carbocycles. The number of allylic oxidation sites excluding steroid dienone is 2. The molecule has 3 unspecified atom stereocenters. The molecule has 1 aliphatic carbocycles. The van der Waals surface area contributed by atoms with Crippen molar-refractivity contribution in [2.75, 3.05) is 12.4 Å². The number of ether oxygens (including phenoxy) is 1. The first-order valence-electron chi connectivity index (χ1n) is 5.98. The molecule has 0 bridgehead atoms. The molecular formula is C13H16O5S. The molecule has 5 nitrogen and oxygen atoms in total. The monoisotopic (exact) mass is 284 g/mol. The zero-order valence-electron chi connectivity index (χ0n) is 10.4. The molecule has 0 aromatic carbocycles. The molecule has 0 amide bonds. The summed E-state index contributed by atoms with van der Waals surface area (Å²) in [5.41, 5.74) is 0.970. The summed E-state index contributed by atoms with van der Waals surface area (Å²) in [6.45, 7) is 1.90. The predicted molar refractivity (Wildman–Crippen MR) is 71.5 cm³/mol.